The van der Waals surface area contributed by atoms with Crippen molar-refractivity contribution < 1.29 is 9.53 Å². The zero-order valence-electron chi connectivity index (χ0n) is 9.17. The van der Waals surface area contributed by atoms with Gasteiger partial charge in [-0.2, -0.15) is 0 Å². The molecule has 0 heterocycles. The highest BCUT2D eigenvalue weighted by molar-refractivity contribution is 5.66. The molecule has 0 radical (unpaired) electrons. The third kappa shape index (κ3) is 5.36. The van der Waals surface area contributed by atoms with E-state index < -0.39 is 0 Å². The third-order valence-corrected chi connectivity index (χ3v) is 1.79. The summed E-state index contributed by atoms with van der Waals surface area (Å²) in [4.78, 5) is 10.6. The average molecular weight is 194 g/mol. The number of esters is 1. The smallest absolute Gasteiger partial charge is 0.302 e. The maximum absolute atomic E-state index is 10.6. The Morgan fingerprint density at radius 2 is 2.00 bits per heavy atom. The van der Waals surface area contributed by atoms with Crippen LogP contribution in [0.15, 0.2) is 36.5 Å². The maximum atomic E-state index is 10.6. The summed E-state index contributed by atoms with van der Waals surface area (Å²) in [5.41, 5.74) is 2.04. The van der Waals surface area contributed by atoms with Crippen LogP contribution in [-0.4, -0.2) is 12.6 Å². The standard InChI is InChI=1S/C12H18O2/c1-6-12(9(2)3)7-10(4)8-14-11(5)13/h6-7,12H,1-2,8H2,3-5H3/b10-7-/t12-/m1/s1. The van der Waals surface area contributed by atoms with Crippen molar-refractivity contribution in [2.24, 2.45) is 5.92 Å². The molecular formula is C12H18O2. The van der Waals surface area contributed by atoms with Gasteiger partial charge in [0.05, 0.1) is 0 Å². The van der Waals surface area contributed by atoms with Gasteiger partial charge in [-0.15, -0.1) is 6.58 Å². The Morgan fingerprint density at radius 3 is 2.36 bits per heavy atom. The van der Waals surface area contributed by atoms with Crippen LogP contribution in [0.1, 0.15) is 20.8 Å². The first-order valence-electron chi connectivity index (χ1n) is 4.56. The second-order valence-electron chi connectivity index (χ2n) is 3.40. The Kier molecular flexibility index (Phi) is 5.61. The molecule has 0 spiro atoms. The van der Waals surface area contributed by atoms with Gasteiger partial charge in [-0.3, -0.25) is 4.79 Å². The van der Waals surface area contributed by atoms with Crippen molar-refractivity contribution >= 4 is 5.97 Å². The molecule has 0 rings (SSSR count). The monoisotopic (exact) mass is 194 g/mol. The minimum atomic E-state index is -0.261. The number of hydrogen-bond donors (Lipinski definition) is 0. The van der Waals surface area contributed by atoms with Crippen LogP contribution in [-0.2, 0) is 9.53 Å². The highest BCUT2D eigenvalue weighted by Crippen LogP contribution is 2.13. The van der Waals surface area contributed by atoms with Gasteiger partial charge in [0.15, 0.2) is 0 Å². The second-order valence-corrected chi connectivity index (χ2v) is 3.40. The fraction of sp³-hybridized carbons (Fsp3) is 0.417. The van der Waals surface area contributed by atoms with Crippen LogP contribution in [0, 0.1) is 5.92 Å². The van der Waals surface area contributed by atoms with Gasteiger partial charge in [0.2, 0.25) is 0 Å². The van der Waals surface area contributed by atoms with Crippen molar-refractivity contribution in [1.29, 1.82) is 0 Å². The molecule has 0 amide bonds. The summed E-state index contributed by atoms with van der Waals surface area (Å²) < 4.78 is 4.86. The van der Waals surface area contributed by atoms with Gasteiger partial charge in [-0.05, 0) is 19.4 Å². The molecule has 2 heteroatoms. The van der Waals surface area contributed by atoms with Crippen LogP contribution < -0.4 is 0 Å². The molecule has 0 bridgehead atoms. The molecule has 0 fully saturated rings. The summed E-state index contributed by atoms with van der Waals surface area (Å²) in [6.45, 7) is 13.2. The number of allylic oxidation sites excluding steroid dienone is 3. The van der Waals surface area contributed by atoms with E-state index in [2.05, 4.69) is 13.2 Å². The lowest BCUT2D eigenvalue weighted by Gasteiger charge is -2.09. The van der Waals surface area contributed by atoms with E-state index in [4.69, 9.17) is 4.74 Å². The van der Waals surface area contributed by atoms with E-state index >= 15 is 0 Å². The van der Waals surface area contributed by atoms with E-state index in [9.17, 15) is 4.79 Å². The molecule has 0 saturated carbocycles. The molecule has 0 aromatic heterocycles. The zero-order valence-corrected chi connectivity index (χ0v) is 9.17. The van der Waals surface area contributed by atoms with Gasteiger partial charge in [0.25, 0.3) is 0 Å². The third-order valence-electron chi connectivity index (χ3n) is 1.79. The number of carbonyl (C=O) groups excluding carboxylic acids is 1. The van der Waals surface area contributed by atoms with E-state index in [-0.39, 0.29) is 11.9 Å². The van der Waals surface area contributed by atoms with Crippen molar-refractivity contribution in [2.75, 3.05) is 6.61 Å². The fourth-order valence-electron chi connectivity index (χ4n) is 0.982. The summed E-state index contributed by atoms with van der Waals surface area (Å²) in [6.07, 6.45) is 3.82. The topological polar surface area (TPSA) is 26.3 Å². The summed E-state index contributed by atoms with van der Waals surface area (Å²) in [7, 11) is 0. The molecule has 78 valence electrons. The summed E-state index contributed by atoms with van der Waals surface area (Å²) in [6, 6.07) is 0. The van der Waals surface area contributed by atoms with Crippen LogP contribution in [0.25, 0.3) is 0 Å². The second kappa shape index (κ2) is 6.19. The Bertz CT molecular complexity index is 261. The highest BCUT2D eigenvalue weighted by atomic mass is 16.5. The van der Waals surface area contributed by atoms with Crippen molar-refractivity contribution in [2.45, 2.75) is 20.8 Å². The summed E-state index contributed by atoms with van der Waals surface area (Å²) in [5, 5.41) is 0. The SMILES string of the molecule is C=C[C@H](/C=C(/C)COC(C)=O)C(=C)C. The average Bonchev–Trinajstić information content (AvgIpc) is 2.10. The van der Waals surface area contributed by atoms with Gasteiger partial charge < -0.3 is 4.74 Å². The molecule has 0 aliphatic heterocycles. The molecule has 0 aromatic rings. The first-order valence-corrected chi connectivity index (χ1v) is 4.56. The van der Waals surface area contributed by atoms with Gasteiger partial charge in [-0.1, -0.05) is 24.3 Å². The van der Waals surface area contributed by atoms with Crippen LogP contribution in [0.5, 0.6) is 0 Å². The van der Waals surface area contributed by atoms with Crippen molar-refractivity contribution in [1.82, 2.24) is 0 Å². The van der Waals surface area contributed by atoms with Gasteiger partial charge in [0.1, 0.15) is 6.61 Å². The number of hydrogen-bond acceptors (Lipinski definition) is 2. The molecule has 0 saturated heterocycles. The van der Waals surface area contributed by atoms with E-state index in [1.54, 1.807) is 0 Å². The molecule has 0 aliphatic carbocycles. The normalized spacial score (nSPS) is 13.2. The lowest BCUT2D eigenvalue weighted by Crippen LogP contribution is -2.03. The molecule has 0 aliphatic rings. The van der Waals surface area contributed by atoms with E-state index in [0.29, 0.717) is 6.61 Å². The lowest BCUT2D eigenvalue weighted by atomic mass is 10.00. The molecule has 0 unspecified atom stereocenters. The molecule has 14 heavy (non-hydrogen) atoms. The number of ether oxygens (including phenoxy) is 1. The fourth-order valence-corrected chi connectivity index (χ4v) is 0.982. The minimum absolute atomic E-state index is 0.158. The maximum Gasteiger partial charge on any atom is 0.302 e. The Labute approximate surface area is 86.0 Å². The van der Waals surface area contributed by atoms with Gasteiger partial charge in [0, 0.05) is 12.8 Å². The largest absolute Gasteiger partial charge is 0.461 e. The Hall–Kier alpha value is -1.31. The summed E-state index contributed by atoms with van der Waals surface area (Å²) >= 11 is 0. The van der Waals surface area contributed by atoms with Crippen molar-refractivity contribution in [3.63, 3.8) is 0 Å². The molecule has 0 N–H and O–H groups in total. The summed E-state index contributed by atoms with van der Waals surface area (Å²) in [5.74, 6) is -0.103. The predicted molar refractivity (Wildman–Crippen MR) is 58.9 cm³/mol. The predicted octanol–water partition coefficient (Wildman–Crippen LogP) is 2.87. The first kappa shape index (κ1) is 12.7. The molecule has 2 nitrogen and oxygen atoms in total. The molecule has 1 atom stereocenters. The van der Waals surface area contributed by atoms with Gasteiger partial charge >= 0.3 is 5.97 Å². The van der Waals surface area contributed by atoms with Crippen LogP contribution >= 0.6 is 0 Å². The Morgan fingerprint density at radius 1 is 1.43 bits per heavy atom. The quantitative estimate of drug-likeness (QED) is 0.497. The van der Waals surface area contributed by atoms with E-state index in [1.807, 2.05) is 26.0 Å². The van der Waals surface area contributed by atoms with Gasteiger partial charge in [-0.25, -0.2) is 0 Å². The van der Waals surface area contributed by atoms with Crippen molar-refractivity contribution in [3.8, 4) is 0 Å². The van der Waals surface area contributed by atoms with Crippen molar-refractivity contribution in [3.05, 3.63) is 36.5 Å². The minimum Gasteiger partial charge on any atom is -0.461 e. The van der Waals surface area contributed by atoms with Crippen LogP contribution in [0.4, 0.5) is 0 Å². The number of carbonyl (C=O) groups is 1. The molecule has 0 aromatic carbocycles. The lowest BCUT2D eigenvalue weighted by molar-refractivity contribution is -0.139. The highest BCUT2D eigenvalue weighted by Gasteiger charge is 2.02. The zero-order chi connectivity index (χ0) is 11.1. The molecular weight excluding hydrogens is 176 g/mol. The first-order chi connectivity index (χ1) is 6.47. The van der Waals surface area contributed by atoms with E-state index in [0.717, 1.165) is 11.1 Å². The van der Waals surface area contributed by atoms with Crippen LogP contribution in [0.2, 0.25) is 0 Å². The van der Waals surface area contributed by atoms with Crippen LogP contribution in [0.3, 0.4) is 0 Å². The Balaban J connectivity index is 4.25. The van der Waals surface area contributed by atoms with E-state index in [1.165, 1.54) is 6.92 Å². The number of rotatable bonds is 5.